The molecule has 0 bridgehead atoms. The van der Waals surface area contributed by atoms with Gasteiger partial charge in [-0.15, -0.1) is 0 Å². The summed E-state index contributed by atoms with van der Waals surface area (Å²) in [6, 6.07) is 9.00. The van der Waals surface area contributed by atoms with Crippen molar-refractivity contribution in [3.63, 3.8) is 0 Å². The first-order valence-corrected chi connectivity index (χ1v) is 8.19. The summed E-state index contributed by atoms with van der Waals surface area (Å²) in [5.41, 5.74) is 1.08. The van der Waals surface area contributed by atoms with Gasteiger partial charge in [-0.3, -0.25) is 9.59 Å². The fourth-order valence-electron chi connectivity index (χ4n) is 2.09. The molecule has 3 N–H and O–H groups in total. The van der Waals surface area contributed by atoms with Gasteiger partial charge in [0.1, 0.15) is 17.7 Å². The lowest BCUT2D eigenvalue weighted by Crippen LogP contribution is -2.32. The molecule has 2 aromatic carbocycles. The van der Waals surface area contributed by atoms with E-state index in [-0.39, 0.29) is 17.5 Å². The van der Waals surface area contributed by atoms with E-state index >= 15 is 0 Å². The number of hydrogen-bond acceptors (Lipinski definition) is 3. The molecule has 5 nitrogen and oxygen atoms in total. The van der Waals surface area contributed by atoms with Crippen LogP contribution in [-0.4, -0.2) is 17.9 Å². The first kappa shape index (κ1) is 19.4. The number of carbonyl (C=O) groups is 2. The summed E-state index contributed by atoms with van der Waals surface area (Å²) < 4.78 is 26.7. The van der Waals surface area contributed by atoms with Crippen LogP contribution in [0, 0.1) is 17.6 Å². The predicted molar refractivity (Wildman–Crippen MR) is 98.0 cm³/mol. The van der Waals surface area contributed by atoms with Gasteiger partial charge in [0.25, 0.3) is 0 Å². The molecule has 0 aliphatic heterocycles. The second kappa shape index (κ2) is 8.42. The highest BCUT2D eigenvalue weighted by atomic mass is 19.1. The van der Waals surface area contributed by atoms with Gasteiger partial charge in [-0.25, -0.2) is 8.78 Å². The molecule has 0 aliphatic rings. The number of halogens is 2. The highest BCUT2D eigenvalue weighted by Crippen LogP contribution is 2.18. The van der Waals surface area contributed by atoms with Crippen molar-refractivity contribution in [1.29, 1.82) is 0 Å². The quantitative estimate of drug-likeness (QED) is 0.728. The average molecular weight is 361 g/mol. The minimum Gasteiger partial charge on any atom is -0.374 e. The Kier molecular flexibility index (Phi) is 6.27. The maximum Gasteiger partial charge on any atom is 0.246 e. The molecule has 2 amide bonds. The Bertz CT molecular complexity index is 792. The van der Waals surface area contributed by atoms with E-state index in [2.05, 4.69) is 16.0 Å². The Hall–Kier alpha value is -2.96. The molecular formula is C19H21F2N3O2. The van der Waals surface area contributed by atoms with E-state index in [1.54, 1.807) is 45.0 Å². The predicted octanol–water partition coefficient (Wildman–Crippen LogP) is 4.00. The number of nitrogens with one attached hydrogen (secondary N) is 3. The van der Waals surface area contributed by atoms with Crippen LogP contribution in [0.4, 0.5) is 25.8 Å². The summed E-state index contributed by atoms with van der Waals surface area (Å²) >= 11 is 0. The molecule has 138 valence electrons. The Morgan fingerprint density at radius 2 is 1.46 bits per heavy atom. The summed E-state index contributed by atoms with van der Waals surface area (Å²) in [7, 11) is 0. The topological polar surface area (TPSA) is 70.2 Å². The first-order chi connectivity index (χ1) is 12.3. The molecule has 0 aliphatic carbocycles. The molecule has 0 heterocycles. The van der Waals surface area contributed by atoms with E-state index < -0.39 is 23.6 Å². The van der Waals surface area contributed by atoms with Crippen molar-refractivity contribution in [3.05, 3.63) is 54.1 Å². The molecule has 1 atom stereocenters. The summed E-state index contributed by atoms with van der Waals surface area (Å²) in [5.74, 6) is -2.07. The molecule has 26 heavy (non-hydrogen) atoms. The Labute approximate surface area is 150 Å². The van der Waals surface area contributed by atoms with Gasteiger partial charge < -0.3 is 16.0 Å². The molecule has 0 radical (unpaired) electrons. The van der Waals surface area contributed by atoms with E-state index in [9.17, 15) is 18.4 Å². The molecule has 0 spiro atoms. The van der Waals surface area contributed by atoms with E-state index in [0.717, 1.165) is 18.2 Å². The normalized spacial score (nSPS) is 11.8. The van der Waals surface area contributed by atoms with Crippen molar-refractivity contribution in [2.45, 2.75) is 26.8 Å². The lowest BCUT2D eigenvalue weighted by molar-refractivity contribution is -0.119. The van der Waals surface area contributed by atoms with Gasteiger partial charge in [-0.05, 0) is 43.3 Å². The SMILES string of the molecule is CC(C)C(=O)Nc1ccc(NC(C)C(=O)Nc2cc(F)ccc2F)cc1. The Balaban J connectivity index is 1.96. The highest BCUT2D eigenvalue weighted by molar-refractivity contribution is 5.96. The number of anilines is 3. The molecule has 1 unspecified atom stereocenters. The smallest absolute Gasteiger partial charge is 0.246 e. The minimum absolute atomic E-state index is 0.0874. The summed E-state index contributed by atoms with van der Waals surface area (Å²) in [5, 5.41) is 8.07. The van der Waals surface area contributed by atoms with Crippen molar-refractivity contribution in [1.82, 2.24) is 0 Å². The van der Waals surface area contributed by atoms with Crippen LogP contribution < -0.4 is 16.0 Å². The molecular weight excluding hydrogens is 340 g/mol. The van der Waals surface area contributed by atoms with Crippen molar-refractivity contribution < 1.29 is 18.4 Å². The number of rotatable bonds is 6. The van der Waals surface area contributed by atoms with Crippen LogP contribution in [0.15, 0.2) is 42.5 Å². The maximum atomic E-state index is 13.6. The van der Waals surface area contributed by atoms with Crippen molar-refractivity contribution in [2.24, 2.45) is 5.92 Å². The van der Waals surface area contributed by atoms with Crippen LogP contribution in [0.2, 0.25) is 0 Å². The van der Waals surface area contributed by atoms with Gasteiger partial charge >= 0.3 is 0 Å². The van der Waals surface area contributed by atoms with Crippen molar-refractivity contribution in [3.8, 4) is 0 Å². The fraction of sp³-hybridized carbons (Fsp3) is 0.263. The second-order valence-electron chi connectivity index (χ2n) is 6.20. The van der Waals surface area contributed by atoms with E-state index in [1.165, 1.54) is 0 Å². The van der Waals surface area contributed by atoms with Crippen LogP contribution in [0.3, 0.4) is 0 Å². The molecule has 0 saturated carbocycles. The number of carbonyl (C=O) groups excluding carboxylic acids is 2. The minimum atomic E-state index is -0.711. The van der Waals surface area contributed by atoms with Crippen LogP contribution >= 0.6 is 0 Å². The second-order valence-corrected chi connectivity index (χ2v) is 6.20. The number of benzene rings is 2. The number of amides is 2. The van der Waals surface area contributed by atoms with Crippen LogP contribution in [0.25, 0.3) is 0 Å². The highest BCUT2D eigenvalue weighted by Gasteiger charge is 2.15. The monoisotopic (exact) mass is 361 g/mol. The van der Waals surface area contributed by atoms with Gasteiger partial charge in [-0.2, -0.15) is 0 Å². The van der Waals surface area contributed by atoms with Crippen LogP contribution in [-0.2, 0) is 9.59 Å². The fourth-order valence-corrected chi connectivity index (χ4v) is 2.09. The van der Waals surface area contributed by atoms with E-state index in [1.807, 2.05) is 0 Å². The Morgan fingerprint density at radius 3 is 2.08 bits per heavy atom. The van der Waals surface area contributed by atoms with Gasteiger partial charge in [-0.1, -0.05) is 13.8 Å². The van der Waals surface area contributed by atoms with Crippen LogP contribution in [0.5, 0.6) is 0 Å². The summed E-state index contributed by atoms with van der Waals surface area (Å²) in [4.78, 5) is 23.8. The standard InChI is InChI=1S/C19H21F2N3O2/c1-11(2)18(25)23-15-7-5-14(6-8-15)22-12(3)19(26)24-17-10-13(20)4-9-16(17)21/h4-12,22H,1-3H3,(H,23,25)(H,24,26). The zero-order valence-electron chi connectivity index (χ0n) is 14.8. The molecule has 0 saturated heterocycles. The zero-order chi connectivity index (χ0) is 19.3. The van der Waals surface area contributed by atoms with Gasteiger partial charge in [0.2, 0.25) is 11.8 Å². The molecule has 0 aromatic heterocycles. The van der Waals surface area contributed by atoms with E-state index in [0.29, 0.717) is 11.4 Å². The molecule has 2 rings (SSSR count). The largest absolute Gasteiger partial charge is 0.374 e. The lowest BCUT2D eigenvalue weighted by Gasteiger charge is -2.16. The zero-order valence-corrected chi connectivity index (χ0v) is 14.8. The third-order valence-electron chi connectivity index (χ3n) is 3.64. The van der Waals surface area contributed by atoms with Crippen LogP contribution in [0.1, 0.15) is 20.8 Å². The van der Waals surface area contributed by atoms with E-state index in [4.69, 9.17) is 0 Å². The number of hydrogen-bond donors (Lipinski definition) is 3. The lowest BCUT2D eigenvalue weighted by atomic mass is 10.2. The summed E-state index contributed by atoms with van der Waals surface area (Å²) in [6.45, 7) is 5.20. The average Bonchev–Trinajstić information content (AvgIpc) is 2.59. The van der Waals surface area contributed by atoms with Crippen molar-refractivity contribution >= 4 is 28.9 Å². The third-order valence-corrected chi connectivity index (χ3v) is 3.64. The van der Waals surface area contributed by atoms with Crippen molar-refractivity contribution in [2.75, 3.05) is 16.0 Å². The Morgan fingerprint density at radius 1 is 0.846 bits per heavy atom. The first-order valence-electron chi connectivity index (χ1n) is 8.19. The molecule has 0 fully saturated rings. The van der Waals surface area contributed by atoms with Gasteiger partial charge in [0.05, 0.1) is 5.69 Å². The maximum absolute atomic E-state index is 13.6. The molecule has 2 aromatic rings. The molecule has 7 heteroatoms. The summed E-state index contributed by atoms with van der Waals surface area (Å²) in [6.07, 6.45) is 0. The van der Waals surface area contributed by atoms with Gasteiger partial charge in [0.15, 0.2) is 0 Å². The van der Waals surface area contributed by atoms with Gasteiger partial charge in [0, 0.05) is 23.4 Å². The third kappa shape index (κ3) is 5.27.